The number of sulfonamides is 1. The van der Waals surface area contributed by atoms with Gasteiger partial charge in [-0.05, 0) is 68.3 Å². The molecule has 0 aliphatic heterocycles. The van der Waals surface area contributed by atoms with Crippen molar-refractivity contribution < 1.29 is 18.0 Å². The standard InChI is InChI=1S/C29H33BrClN3O4S/c1-4-5-17-32-29(36)22(3)33(19-23-11-13-24(30)14-12-23)28(35)20-34(26-8-6-7-25(31)18-26)39(37,38)27-15-9-21(2)10-16-27/h6-16,18,22H,4-5,17,19-20H2,1-3H3,(H,32,36)/t22-/m1/s1. The van der Waals surface area contributed by atoms with Gasteiger partial charge in [-0.1, -0.05) is 76.8 Å². The van der Waals surface area contributed by atoms with Crippen LogP contribution in [0.4, 0.5) is 5.69 Å². The van der Waals surface area contributed by atoms with Gasteiger partial charge >= 0.3 is 0 Å². The molecule has 3 aromatic carbocycles. The number of unbranched alkanes of at least 4 members (excludes halogenated alkanes) is 1. The van der Waals surface area contributed by atoms with Gasteiger partial charge in [0.1, 0.15) is 12.6 Å². The third kappa shape index (κ3) is 8.30. The van der Waals surface area contributed by atoms with Crippen LogP contribution in [0, 0.1) is 6.92 Å². The van der Waals surface area contributed by atoms with Crippen molar-refractivity contribution in [1.29, 1.82) is 0 Å². The number of hydrogen-bond acceptors (Lipinski definition) is 4. The van der Waals surface area contributed by atoms with Crippen molar-refractivity contribution >= 4 is 55.1 Å². The van der Waals surface area contributed by atoms with Gasteiger partial charge in [0.05, 0.1) is 10.6 Å². The van der Waals surface area contributed by atoms with Gasteiger partial charge < -0.3 is 10.2 Å². The lowest BCUT2D eigenvalue weighted by molar-refractivity contribution is -0.139. The van der Waals surface area contributed by atoms with Crippen molar-refractivity contribution in [2.45, 2.75) is 51.1 Å². The van der Waals surface area contributed by atoms with Crippen molar-refractivity contribution in [2.75, 3.05) is 17.4 Å². The van der Waals surface area contributed by atoms with E-state index in [0.29, 0.717) is 11.6 Å². The summed E-state index contributed by atoms with van der Waals surface area (Å²) in [6, 6.07) is 19.3. The number of hydrogen-bond donors (Lipinski definition) is 1. The van der Waals surface area contributed by atoms with Crippen LogP contribution in [0.1, 0.15) is 37.8 Å². The van der Waals surface area contributed by atoms with E-state index in [1.807, 2.05) is 38.1 Å². The Hall–Kier alpha value is -2.88. The molecule has 1 atom stereocenters. The number of nitrogens with zero attached hydrogens (tertiary/aromatic N) is 2. The summed E-state index contributed by atoms with van der Waals surface area (Å²) < 4.78 is 29.6. The van der Waals surface area contributed by atoms with Gasteiger partial charge in [0, 0.05) is 22.6 Å². The second-order valence-corrected chi connectivity index (χ2v) is 12.5. The second-order valence-electron chi connectivity index (χ2n) is 9.27. The Balaban J connectivity index is 1.99. The summed E-state index contributed by atoms with van der Waals surface area (Å²) in [6.07, 6.45) is 1.73. The van der Waals surface area contributed by atoms with Gasteiger partial charge in [-0.2, -0.15) is 0 Å². The molecule has 3 rings (SSSR count). The first-order valence-electron chi connectivity index (χ1n) is 12.7. The third-order valence-electron chi connectivity index (χ3n) is 6.25. The van der Waals surface area contributed by atoms with Crippen LogP contribution in [0.25, 0.3) is 0 Å². The molecule has 3 aromatic rings. The summed E-state index contributed by atoms with van der Waals surface area (Å²) in [6.45, 7) is 5.65. The summed E-state index contributed by atoms with van der Waals surface area (Å²) in [7, 11) is -4.14. The van der Waals surface area contributed by atoms with Crippen LogP contribution >= 0.6 is 27.5 Å². The third-order valence-corrected chi connectivity index (χ3v) is 8.80. The van der Waals surface area contributed by atoms with E-state index >= 15 is 0 Å². The average molecular weight is 635 g/mol. The minimum absolute atomic E-state index is 0.0469. The van der Waals surface area contributed by atoms with E-state index < -0.39 is 28.5 Å². The molecule has 0 heterocycles. The number of amides is 2. The lowest BCUT2D eigenvalue weighted by atomic mass is 10.1. The number of carbonyl (C=O) groups is 2. The fourth-order valence-electron chi connectivity index (χ4n) is 3.90. The first-order chi connectivity index (χ1) is 18.5. The Morgan fingerprint density at radius 3 is 2.31 bits per heavy atom. The molecule has 10 heteroatoms. The molecule has 0 radical (unpaired) electrons. The fraction of sp³-hybridized carbons (Fsp3) is 0.310. The Morgan fingerprint density at radius 1 is 1.03 bits per heavy atom. The zero-order chi connectivity index (χ0) is 28.6. The van der Waals surface area contributed by atoms with Gasteiger partial charge in [0.15, 0.2) is 0 Å². The zero-order valence-corrected chi connectivity index (χ0v) is 25.4. The smallest absolute Gasteiger partial charge is 0.264 e. The van der Waals surface area contributed by atoms with Crippen LogP contribution in [0.3, 0.4) is 0 Å². The number of benzene rings is 3. The van der Waals surface area contributed by atoms with E-state index in [2.05, 4.69) is 21.2 Å². The Bertz CT molecular complexity index is 1380. The number of aryl methyl sites for hydroxylation is 1. The fourth-order valence-corrected chi connectivity index (χ4v) is 5.76. The predicted molar refractivity (Wildman–Crippen MR) is 159 cm³/mol. The van der Waals surface area contributed by atoms with Gasteiger partial charge in [0.2, 0.25) is 11.8 Å². The number of carbonyl (C=O) groups excluding carboxylic acids is 2. The number of nitrogens with one attached hydrogen (secondary N) is 1. The van der Waals surface area contributed by atoms with Crippen molar-refractivity contribution in [3.63, 3.8) is 0 Å². The van der Waals surface area contributed by atoms with Crippen LogP contribution in [-0.2, 0) is 26.2 Å². The monoisotopic (exact) mass is 633 g/mol. The molecule has 0 unspecified atom stereocenters. The topological polar surface area (TPSA) is 86.8 Å². The SMILES string of the molecule is CCCCNC(=O)[C@@H](C)N(Cc1ccc(Br)cc1)C(=O)CN(c1cccc(Cl)c1)S(=O)(=O)c1ccc(C)cc1. The molecule has 208 valence electrons. The molecule has 0 spiro atoms. The molecule has 2 amide bonds. The Morgan fingerprint density at radius 2 is 1.69 bits per heavy atom. The summed E-state index contributed by atoms with van der Waals surface area (Å²) in [5, 5.41) is 3.21. The normalized spacial score (nSPS) is 12.0. The van der Waals surface area contributed by atoms with Crippen molar-refractivity contribution in [2.24, 2.45) is 0 Å². The van der Waals surface area contributed by atoms with Crippen LogP contribution in [0.15, 0.2) is 82.2 Å². The highest BCUT2D eigenvalue weighted by Gasteiger charge is 2.32. The number of halogens is 2. The van der Waals surface area contributed by atoms with E-state index in [0.717, 1.165) is 32.7 Å². The van der Waals surface area contributed by atoms with Crippen LogP contribution in [0.2, 0.25) is 5.02 Å². The van der Waals surface area contributed by atoms with Gasteiger partial charge in [-0.15, -0.1) is 0 Å². The lowest BCUT2D eigenvalue weighted by Crippen LogP contribution is -2.51. The molecule has 0 aliphatic carbocycles. The molecule has 1 N–H and O–H groups in total. The second kappa shape index (κ2) is 14.0. The lowest BCUT2D eigenvalue weighted by Gasteiger charge is -2.32. The van der Waals surface area contributed by atoms with E-state index in [1.165, 1.54) is 23.1 Å². The first-order valence-corrected chi connectivity index (χ1v) is 15.3. The molecule has 0 fully saturated rings. The number of anilines is 1. The molecule has 7 nitrogen and oxygen atoms in total. The molecule has 0 saturated carbocycles. The van der Waals surface area contributed by atoms with Crippen molar-refractivity contribution in [3.8, 4) is 0 Å². The molecule has 39 heavy (non-hydrogen) atoms. The van der Waals surface area contributed by atoms with E-state index in [1.54, 1.807) is 37.3 Å². The van der Waals surface area contributed by atoms with Crippen LogP contribution in [0.5, 0.6) is 0 Å². The molecule has 0 bridgehead atoms. The highest BCUT2D eigenvalue weighted by molar-refractivity contribution is 9.10. The van der Waals surface area contributed by atoms with Crippen molar-refractivity contribution in [3.05, 3.63) is 93.4 Å². The average Bonchev–Trinajstić information content (AvgIpc) is 2.91. The quantitative estimate of drug-likeness (QED) is 0.250. The molecular weight excluding hydrogens is 602 g/mol. The molecule has 0 saturated heterocycles. The summed E-state index contributed by atoms with van der Waals surface area (Å²) in [5.74, 6) is -0.823. The van der Waals surface area contributed by atoms with E-state index in [-0.39, 0.29) is 23.0 Å². The van der Waals surface area contributed by atoms with Gasteiger partial charge in [-0.3, -0.25) is 13.9 Å². The Labute approximate surface area is 244 Å². The summed E-state index contributed by atoms with van der Waals surface area (Å²) in [4.78, 5) is 28.3. The molecule has 0 aliphatic rings. The minimum atomic E-state index is -4.14. The zero-order valence-electron chi connectivity index (χ0n) is 22.2. The van der Waals surface area contributed by atoms with Crippen LogP contribution < -0.4 is 9.62 Å². The Kier molecular flexibility index (Phi) is 11.0. The highest BCUT2D eigenvalue weighted by atomic mass is 79.9. The number of rotatable bonds is 12. The minimum Gasteiger partial charge on any atom is -0.354 e. The maximum Gasteiger partial charge on any atom is 0.264 e. The molecule has 0 aromatic heterocycles. The molecular formula is C29H33BrClN3O4S. The maximum atomic E-state index is 13.9. The highest BCUT2D eigenvalue weighted by Crippen LogP contribution is 2.27. The van der Waals surface area contributed by atoms with Gasteiger partial charge in [-0.25, -0.2) is 8.42 Å². The largest absolute Gasteiger partial charge is 0.354 e. The predicted octanol–water partition coefficient (Wildman–Crippen LogP) is 5.94. The maximum absolute atomic E-state index is 13.9. The summed E-state index contributed by atoms with van der Waals surface area (Å²) >= 11 is 9.62. The first kappa shape index (κ1) is 30.7. The summed E-state index contributed by atoms with van der Waals surface area (Å²) in [5.41, 5.74) is 1.96. The van der Waals surface area contributed by atoms with Gasteiger partial charge in [0.25, 0.3) is 10.0 Å². The van der Waals surface area contributed by atoms with E-state index in [9.17, 15) is 18.0 Å². The van der Waals surface area contributed by atoms with E-state index in [4.69, 9.17) is 11.6 Å². The van der Waals surface area contributed by atoms with Crippen LogP contribution in [-0.4, -0.2) is 44.3 Å². The van der Waals surface area contributed by atoms with Crippen molar-refractivity contribution in [1.82, 2.24) is 10.2 Å².